The van der Waals surface area contributed by atoms with Crippen LogP contribution < -0.4 is 9.47 Å². The highest BCUT2D eigenvalue weighted by molar-refractivity contribution is 7.71. The fourth-order valence-corrected chi connectivity index (χ4v) is 2.87. The number of aryl methyl sites for hydroxylation is 2. The molecule has 0 saturated carbocycles. The molecule has 8 nitrogen and oxygen atoms in total. The zero-order valence-corrected chi connectivity index (χ0v) is 17.3. The highest BCUT2D eigenvalue weighted by Gasteiger charge is 2.12. The molecule has 3 rings (SSSR count). The van der Waals surface area contributed by atoms with Crippen molar-refractivity contribution in [2.24, 2.45) is 5.10 Å². The number of rotatable bonds is 8. The number of aromatic nitrogens is 5. The number of ether oxygens (including phenoxy) is 2. The van der Waals surface area contributed by atoms with Crippen LogP contribution in [0.3, 0.4) is 0 Å². The van der Waals surface area contributed by atoms with E-state index in [-0.39, 0.29) is 0 Å². The second-order valence-corrected chi connectivity index (χ2v) is 6.72. The van der Waals surface area contributed by atoms with Crippen molar-refractivity contribution >= 4 is 18.4 Å². The number of nitrogens with zero attached hydrogens (tertiary/aromatic N) is 5. The third-order valence-electron chi connectivity index (χ3n) is 4.10. The van der Waals surface area contributed by atoms with E-state index in [4.69, 9.17) is 21.7 Å². The molecule has 1 N–H and O–H groups in total. The summed E-state index contributed by atoms with van der Waals surface area (Å²) in [6.07, 6.45) is 3.75. The van der Waals surface area contributed by atoms with E-state index < -0.39 is 0 Å². The van der Waals surface area contributed by atoms with Crippen LogP contribution in [0.25, 0.3) is 5.95 Å². The smallest absolute Gasteiger partial charge is 0.271 e. The van der Waals surface area contributed by atoms with Gasteiger partial charge in [-0.05, 0) is 62.3 Å². The van der Waals surface area contributed by atoms with Crippen LogP contribution in [0.2, 0.25) is 0 Å². The van der Waals surface area contributed by atoms with Gasteiger partial charge in [0.2, 0.25) is 4.77 Å². The van der Waals surface area contributed by atoms with Crippen LogP contribution >= 0.6 is 12.2 Å². The zero-order valence-electron chi connectivity index (χ0n) is 16.5. The molecule has 0 atom stereocenters. The first-order valence-corrected chi connectivity index (χ1v) is 9.50. The van der Waals surface area contributed by atoms with Gasteiger partial charge in [-0.25, -0.2) is 9.78 Å². The Morgan fingerprint density at radius 2 is 2.07 bits per heavy atom. The lowest BCUT2D eigenvalue weighted by molar-refractivity contribution is 0.288. The van der Waals surface area contributed by atoms with Gasteiger partial charge in [-0.15, -0.1) is 5.10 Å². The molecule has 0 unspecified atom stereocenters. The van der Waals surface area contributed by atoms with E-state index in [1.54, 1.807) is 18.0 Å². The molecule has 1 aromatic carbocycles. The van der Waals surface area contributed by atoms with Crippen molar-refractivity contribution in [3.05, 3.63) is 46.0 Å². The molecule has 148 valence electrons. The number of methoxy groups -OCH3 is 1. The van der Waals surface area contributed by atoms with Crippen LogP contribution in [0, 0.1) is 18.6 Å². The maximum atomic E-state index is 5.83. The van der Waals surface area contributed by atoms with Crippen LogP contribution in [0.4, 0.5) is 0 Å². The summed E-state index contributed by atoms with van der Waals surface area (Å²) >= 11 is 5.32. The van der Waals surface area contributed by atoms with Crippen molar-refractivity contribution in [3.8, 4) is 17.4 Å². The lowest BCUT2D eigenvalue weighted by Gasteiger charge is -2.11. The van der Waals surface area contributed by atoms with E-state index in [0.29, 0.717) is 28.8 Å². The average Bonchev–Trinajstić information content (AvgIpc) is 3.21. The Morgan fingerprint density at radius 3 is 2.75 bits per heavy atom. The number of aromatic amines is 1. The second kappa shape index (κ2) is 8.83. The highest BCUT2D eigenvalue weighted by Crippen LogP contribution is 2.27. The molecule has 3 aromatic rings. The summed E-state index contributed by atoms with van der Waals surface area (Å²) in [5.41, 5.74) is 2.69. The normalized spacial score (nSPS) is 11.3. The van der Waals surface area contributed by atoms with Crippen molar-refractivity contribution < 1.29 is 9.47 Å². The van der Waals surface area contributed by atoms with Crippen molar-refractivity contribution in [1.29, 1.82) is 0 Å². The summed E-state index contributed by atoms with van der Waals surface area (Å²) < 4.78 is 14.8. The van der Waals surface area contributed by atoms with Gasteiger partial charge in [-0.2, -0.15) is 14.9 Å². The Hall–Kier alpha value is -2.94. The number of hydrogen-bond donors (Lipinski definition) is 1. The van der Waals surface area contributed by atoms with Crippen LogP contribution in [0.1, 0.15) is 36.7 Å². The average molecular weight is 401 g/mol. The van der Waals surface area contributed by atoms with E-state index >= 15 is 0 Å². The lowest BCUT2D eigenvalue weighted by atomic mass is 10.2. The zero-order chi connectivity index (χ0) is 20.1. The van der Waals surface area contributed by atoms with Gasteiger partial charge in [0.1, 0.15) is 0 Å². The van der Waals surface area contributed by atoms with Crippen LogP contribution in [-0.2, 0) is 0 Å². The van der Waals surface area contributed by atoms with Gasteiger partial charge >= 0.3 is 0 Å². The topological polar surface area (TPSA) is 82.3 Å². The molecule has 0 aliphatic heterocycles. The molecule has 2 aromatic heterocycles. The first-order valence-electron chi connectivity index (χ1n) is 9.09. The van der Waals surface area contributed by atoms with Crippen molar-refractivity contribution in [2.75, 3.05) is 13.7 Å². The van der Waals surface area contributed by atoms with Crippen molar-refractivity contribution in [1.82, 2.24) is 24.7 Å². The summed E-state index contributed by atoms with van der Waals surface area (Å²) in [6.45, 7) is 6.64. The molecule has 0 bridgehead atoms. The fraction of sp³-hybridized carbons (Fsp3) is 0.368. The molecule has 9 heteroatoms. The predicted molar refractivity (Wildman–Crippen MR) is 110 cm³/mol. The molecule has 0 spiro atoms. The first-order chi connectivity index (χ1) is 13.5. The Kier molecular flexibility index (Phi) is 6.25. The third-order valence-corrected chi connectivity index (χ3v) is 4.36. The summed E-state index contributed by atoms with van der Waals surface area (Å²) in [6, 6.07) is 7.63. The molecule has 0 aliphatic rings. The Bertz CT molecular complexity index is 1030. The molecular weight excluding hydrogens is 376 g/mol. The number of unbranched alkanes of at least 4 members (excludes halogenated alkanes) is 1. The van der Waals surface area contributed by atoms with E-state index in [0.717, 1.165) is 29.8 Å². The Labute approximate surface area is 168 Å². The van der Waals surface area contributed by atoms with Crippen molar-refractivity contribution in [2.45, 2.75) is 33.6 Å². The lowest BCUT2D eigenvalue weighted by Crippen LogP contribution is -2.07. The fourth-order valence-electron chi connectivity index (χ4n) is 2.69. The Balaban J connectivity index is 1.90. The standard InChI is InChI=1S/C19H24N6O2S/c1-5-6-9-27-17-11-15(7-8-16(17)26-4)12-20-25-18(21-22-19(25)28)24-14(3)10-13(2)23-24/h7-8,10-12H,5-6,9H2,1-4H3,(H,22,28)/b20-12-. The largest absolute Gasteiger partial charge is 0.493 e. The second-order valence-electron chi connectivity index (χ2n) is 6.34. The summed E-state index contributed by atoms with van der Waals surface area (Å²) in [5.74, 6) is 1.88. The van der Waals surface area contributed by atoms with E-state index in [2.05, 4.69) is 27.3 Å². The summed E-state index contributed by atoms with van der Waals surface area (Å²) in [5, 5.41) is 16.0. The maximum Gasteiger partial charge on any atom is 0.271 e. The predicted octanol–water partition coefficient (Wildman–Crippen LogP) is 3.81. The quantitative estimate of drug-likeness (QED) is 0.353. The van der Waals surface area contributed by atoms with E-state index in [1.165, 1.54) is 4.68 Å². The number of nitrogens with one attached hydrogen (secondary N) is 1. The first kappa shape index (κ1) is 19.8. The van der Waals surface area contributed by atoms with E-state index in [9.17, 15) is 0 Å². The molecule has 0 aliphatic carbocycles. The monoisotopic (exact) mass is 400 g/mol. The minimum absolute atomic E-state index is 0.381. The molecule has 0 saturated heterocycles. The Morgan fingerprint density at radius 1 is 1.25 bits per heavy atom. The van der Waals surface area contributed by atoms with Crippen LogP contribution in [-0.4, -0.2) is 44.6 Å². The van der Waals surface area contributed by atoms with Crippen LogP contribution in [0.15, 0.2) is 29.4 Å². The van der Waals surface area contributed by atoms with Gasteiger partial charge in [-0.1, -0.05) is 13.3 Å². The van der Waals surface area contributed by atoms with Crippen LogP contribution in [0.5, 0.6) is 11.5 Å². The molecule has 0 radical (unpaired) electrons. The van der Waals surface area contributed by atoms with Gasteiger partial charge in [0.05, 0.1) is 25.6 Å². The molecule has 2 heterocycles. The molecule has 0 fully saturated rings. The van der Waals surface area contributed by atoms with Gasteiger partial charge in [0.15, 0.2) is 11.5 Å². The third kappa shape index (κ3) is 4.30. The van der Waals surface area contributed by atoms with Gasteiger partial charge < -0.3 is 9.47 Å². The maximum absolute atomic E-state index is 5.83. The van der Waals surface area contributed by atoms with Gasteiger partial charge in [0.25, 0.3) is 5.95 Å². The number of benzene rings is 1. The van der Waals surface area contributed by atoms with Gasteiger partial charge in [-0.3, -0.25) is 0 Å². The number of hydrogen-bond acceptors (Lipinski definition) is 6. The molecule has 28 heavy (non-hydrogen) atoms. The highest BCUT2D eigenvalue weighted by atomic mass is 32.1. The molecule has 0 amide bonds. The molecular formula is C19H24N6O2S. The SMILES string of the molecule is CCCCOc1cc(/C=N\n2c(-n3nc(C)cc3C)n[nH]c2=S)ccc1OC. The summed E-state index contributed by atoms with van der Waals surface area (Å²) in [4.78, 5) is 0. The minimum Gasteiger partial charge on any atom is -0.493 e. The number of H-pyrrole nitrogens is 1. The minimum atomic E-state index is 0.381. The van der Waals surface area contributed by atoms with Crippen molar-refractivity contribution in [3.63, 3.8) is 0 Å². The summed E-state index contributed by atoms with van der Waals surface area (Å²) in [7, 11) is 1.63. The van der Waals surface area contributed by atoms with E-state index in [1.807, 2.05) is 38.1 Å². The van der Waals surface area contributed by atoms with Gasteiger partial charge in [0, 0.05) is 5.69 Å².